The predicted octanol–water partition coefficient (Wildman–Crippen LogP) is 3.04. The summed E-state index contributed by atoms with van der Waals surface area (Å²) in [6, 6.07) is 19.9. The van der Waals surface area contributed by atoms with Crippen molar-refractivity contribution in [2.45, 2.75) is 32.7 Å². The molecule has 2 fully saturated rings. The van der Waals surface area contributed by atoms with Crippen LogP contribution in [0.3, 0.4) is 0 Å². The van der Waals surface area contributed by atoms with Crippen molar-refractivity contribution in [3.05, 3.63) is 83.0 Å². The van der Waals surface area contributed by atoms with Crippen molar-refractivity contribution < 1.29 is 4.79 Å². The number of carbonyl (C=O) groups excluding carboxylic acids is 1. The molecule has 1 aliphatic heterocycles. The second kappa shape index (κ2) is 12.1. The Bertz CT molecular complexity index is 1250. The summed E-state index contributed by atoms with van der Waals surface area (Å²) in [6.07, 6.45) is 3.34. The highest BCUT2D eigenvalue weighted by molar-refractivity contribution is 5.92. The number of hydrogen-bond acceptors (Lipinski definition) is 7. The summed E-state index contributed by atoms with van der Waals surface area (Å²) in [5.74, 6) is 2.56. The van der Waals surface area contributed by atoms with Gasteiger partial charge in [-0.15, -0.1) is 0 Å². The molecule has 0 radical (unpaired) electrons. The van der Waals surface area contributed by atoms with Crippen LogP contribution in [0, 0.1) is 5.92 Å². The summed E-state index contributed by atoms with van der Waals surface area (Å²) in [7, 11) is 0. The van der Waals surface area contributed by atoms with Crippen molar-refractivity contribution in [3.63, 3.8) is 0 Å². The second-order valence-corrected chi connectivity index (χ2v) is 10.2. The van der Waals surface area contributed by atoms with Crippen molar-refractivity contribution in [2.75, 3.05) is 37.6 Å². The number of amidine groups is 1. The zero-order valence-corrected chi connectivity index (χ0v) is 21.9. The van der Waals surface area contributed by atoms with Gasteiger partial charge in [-0.3, -0.25) is 9.69 Å². The number of hydrazine groups is 1. The first kappa shape index (κ1) is 25.8. The zero-order valence-electron chi connectivity index (χ0n) is 21.9. The Morgan fingerprint density at radius 3 is 2.42 bits per heavy atom. The molecule has 9 heteroatoms. The number of nitrogens with two attached hydrogens (primary N) is 1. The number of nitrogens with one attached hydrogen (secondary N) is 2. The highest BCUT2D eigenvalue weighted by atomic mass is 16.1. The third kappa shape index (κ3) is 7.36. The van der Waals surface area contributed by atoms with Gasteiger partial charge in [0.25, 0.3) is 0 Å². The number of nitrogens with zero attached hydrogens (tertiary/aromatic N) is 5. The Balaban J connectivity index is 1.26. The van der Waals surface area contributed by atoms with E-state index < -0.39 is 5.91 Å². The van der Waals surface area contributed by atoms with E-state index in [-0.39, 0.29) is 0 Å². The van der Waals surface area contributed by atoms with Crippen molar-refractivity contribution in [2.24, 2.45) is 16.6 Å². The molecule has 3 aromatic rings. The maximum absolute atomic E-state index is 11.3. The summed E-state index contributed by atoms with van der Waals surface area (Å²) < 4.78 is 0. The Kier molecular flexibility index (Phi) is 8.25. The minimum Gasteiger partial charge on any atom is -0.366 e. The SMILES string of the molecule is CC(=Nc1cc(Cc2ccccc2)nc(N2CCN(Cc3ccc(C(N)=O)cc3)CC2)n1)NNCC1CC1. The molecule has 0 atom stereocenters. The van der Waals surface area contributed by atoms with E-state index in [0.29, 0.717) is 11.4 Å². The molecule has 1 saturated carbocycles. The molecule has 1 amide bonds. The number of amides is 1. The van der Waals surface area contributed by atoms with E-state index in [9.17, 15) is 4.79 Å². The first-order valence-electron chi connectivity index (χ1n) is 13.3. The standard InChI is InChI=1S/C29H36N8O/c1-21(35-31-19-23-7-8-23)32-27-18-26(17-22-5-3-2-4-6-22)33-29(34-27)37-15-13-36(14-16-37)20-24-9-11-25(12-10-24)28(30)38/h2-6,9-12,18,23,31H,7-8,13-17,19-20H2,1H3,(H2,30,38)(H,32,33,34,35). The fourth-order valence-corrected chi connectivity index (χ4v) is 4.55. The fourth-order valence-electron chi connectivity index (χ4n) is 4.55. The van der Waals surface area contributed by atoms with Crippen LogP contribution in [0.4, 0.5) is 11.8 Å². The normalized spacial score (nSPS) is 16.4. The molecule has 198 valence electrons. The van der Waals surface area contributed by atoms with E-state index in [2.05, 4.69) is 44.9 Å². The molecule has 2 aliphatic rings. The van der Waals surface area contributed by atoms with Gasteiger partial charge in [0.15, 0.2) is 5.82 Å². The van der Waals surface area contributed by atoms with Crippen molar-refractivity contribution in [1.29, 1.82) is 0 Å². The van der Waals surface area contributed by atoms with E-state index in [1.54, 1.807) is 12.1 Å². The van der Waals surface area contributed by atoms with Gasteiger partial charge in [-0.2, -0.15) is 4.98 Å². The maximum atomic E-state index is 11.3. The molecule has 1 aliphatic carbocycles. The Morgan fingerprint density at radius 2 is 1.74 bits per heavy atom. The van der Waals surface area contributed by atoms with E-state index in [4.69, 9.17) is 20.7 Å². The smallest absolute Gasteiger partial charge is 0.248 e. The Hall–Kier alpha value is -3.82. The van der Waals surface area contributed by atoms with Crippen LogP contribution in [0.25, 0.3) is 0 Å². The molecule has 38 heavy (non-hydrogen) atoms. The third-order valence-electron chi connectivity index (χ3n) is 6.92. The van der Waals surface area contributed by atoms with Gasteiger partial charge in [0.2, 0.25) is 11.9 Å². The van der Waals surface area contributed by atoms with Crippen LogP contribution in [-0.2, 0) is 13.0 Å². The average molecular weight is 513 g/mol. The molecule has 5 rings (SSSR count). The molecule has 1 aromatic heterocycles. The van der Waals surface area contributed by atoms with E-state index in [1.807, 2.05) is 31.2 Å². The molecule has 2 aromatic carbocycles. The van der Waals surface area contributed by atoms with Gasteiger partial charge in [0, 0.05) is 57.3 Å². The van der Waals surface area contributed by atoms with Crippen molar-refractivity contribution >= 4 is 23.5 Å². The van der Waals surface area contributed by atoms with E-state index in [1.165, 1.54) is 24.0 Å². The number of carbonyl (C=O) groups is 1. The zero-order chi connectivity index (χ0) is 26.3. The van der Waals surface area contributed by atoms with Crippen LogP contribution in [0.1, 0.15) is 46.9 Å². The van der Waals surface area contributed by atoms with E-state index in [0.717, 1.165) is 69.1 Å². The van der Waals surface area contributed by atoms with E-state index >= 15 is 0 Å². The van der Waals surface area contributed by atoms with Gasteiger partial charge >= 0.3 is 0 Å². The lowest BCUT2D eigenvalue weighted by molar-refractivity contribution is 0.1000. The second-order valence-electron chi connectivity index (χ2n) is 10.2. The van der Waals surface area contributed by atoms with Crippen LogP contribution in [0.15, 0.2) is 65.7 Å². The van der Waals surface area contributed by atoms with Crippen LogP contribution >= 0.6 is 0 Å². The van der Waals surface area contributed by atoms with Gasteiger partial charge in [-0.1, -0.05) is 42.5 Å². The topological polar surface area (TPSA) is 112 Å². The lowest BCUT2D eigenvalue weighted by atomic mass is 10.1. The molecular formula is C29H36N8O. The minimum atomic E-state index is -0.399. The van der Waals surface area contributed by atoms with Gasteiger partial charge in [-0.25, -0.2) is 15.4 Å². The van der Waals surface area contributed by atoms with Crippen LogP contribution in [-0.4, -0.2) is 59.3 Å². The van der Waals surface area contributed by atoms with Crippen LogP contribution < -0.4 is 21.5 Å². The summed E-state index contributed by atoms with van der Waals surface area (Å²) in [4.78, 5) is 30.5. The quantitative estimate of drug-likeness (QED) is 0.217. The first-order valence-corrected chi connectivity index (χ1v) is 13.3. The molecule has 0 bridgehead atoms. The summed E-state index contributed by atoms with van der Waals surface area (Å²) >= 11 is 0. The molecule has 9 nitrogen and oxygen atoms in total. The van der Waals surface area contributed by atoms with Crippen LogP contribution in [0.5, 0.6) is 0 Å². The number of aromatic nitrogens is 2. The third-order valence-corrected chi connectivity index (χ3v) is 6.92. The molecule has 1 saturated heterocycles. The highest BCUT2D eigenvalue weighted by Gasteiger charge is 2.21. The maximum Gasteiger partial charge on any atom is 0.248 e. The number of primary amides is 1. The average Bonchev–Trinajstić information content (AvgIpc) is 3.74. The summed E-state index contributed by atoms with van der Waals surface area (Å²) in [5.41, 5.74) is 15.7. The van der Waals surface area contributed by atoms with Gasteiger partial charge in [-0.05, 0) is 48.9 Å². The predicted molar refractivity (Wildman–Crippen MR) is 150 cm³/mol. The van der Waals surface area contributed by atoms with Crippen LogP contribution in [0.2, 0.25) is 0 Å². The van der Waals surface area contributed by atoms with Crippen molar-refractivity contribution in [1.82, 2.24) is 25.7 Å². The van der Waals surface area contributed by atoms with Crippen molar-refractivity contribution in [3.8, 4) is 0 Å². The number of rotatable bonds is 10. The molecule has 0 unspecified atom stereocenters. The Morgan fingerprint density at radius 1 is 1.00 bits per heavy atom. The summed E-state index contributed by atoms with van der Waals surface area (Å²) in [6.45, 7) is 7.20. The molecular weight excluding hydrogens is 476 g/mol. The highest BCUT2D eigenvalue weighted by Crippen LogP contribution is 2.27. The monoisotopic (exact) mass is 512 g/mol. The number of aliphatic imine (C=N–C) groups is 1. The number of benzene rings is 2. The number of anilines is 1. The minimum absolute atomic E-state index is 0.399. The Labute approximate surface area is 224 Å². The fraction of sp³-hybridized carbons (Fsp3) is 0.379. The molecule has 4 N–H and O–H groups in total. The largest absolute Gasteiger partial charge is 0.366 e. The molecule has 2 heterocycles. The lowest BCUT2D eigenvalue weighted by Crippen LogP contribution is -2.46. The molecule has 0 spiro atoms. The first-order chi connectivity index (χ1) is 18.5. The van der Waals surface area contributed by atoms with Gasteiger partial charge in [0.05, 0.1) is 5.69 Å². The summed E-state index contributed by atoms with van der Waals surface area (Å²) in [5, 5.41) is 0. The van der Waals surface area contributed by atoms with Gasteiger partial charge < -0.3 is 16.1 Å². The number of hydrogen-bond donors (Lipinski definition) is 3. The van der Waals surface area contributed by atoms with Gasteiger partial charge in [0.1, 0.15) is 5.84 Å². The lowest BCUT2D eigenvalue weighted by Gasteiger charge is -2.35. The number of piperazine rings is 1.